The van der Waals surface area contributed by atoms with E-state index in [0.717, 1.165) is 0 Å². The second kappa shape index (κ2) is 2.51. The van der Waals surface area contributed by atoms with Crippen molar-refractivity contribution in [2.24, 2.45) is 0 Å². The van der Waals surface area contributed by atoms with Crippen LogP contribution in [0, 0.1) is 0 Å². The molecule has 0 aliphatic rings. The summed E-state index contributed by atoms with van der Waals surface area (Å²) < 4.78 is 4.86. The van der Waals surface area contributed by atoms with E-state index in [1.54, 1.807) is 12.1 Å². The van der Waals surface area contributed by atoms with Crippen LogP contribution in [0.1, 0.15) is 11.9 Å². The highest BCUT2D eigenvalue weighted by Gasteiger charge is 2.02. The van der Waals surface area contributed by atoms with Crippen LogP contribution in [-0.2, 0) is 0 Å². The molecule has 0 fully saturated rings. The van der Waals surface area contributed by atoms with E-state index in [1.807, 2.05) is 0 Å². The van der Waals surface area contributed by atoms with E-state index in [0.29, 0.717) is 5.76 Å². The lowest BCUT2D eigenvalue weighted by atomic mass is 10.3. The molecular formula is C7H8O2. The molecular weight excluding hydrogens is 116 g/mol. The van der Waals surface area contributed by atoms with Gasteiger partial charge in [-0.1, -0.05) is 6.08 Å². The monoisotopic (exact) mass is 124 g/mol. The first-order chi connectivity index (χ1) is 4.34. The van der Waals surface area contributed by atoms with Crippen molar-refractivity contribution in [2.75, 3.05) is 0 Å². The highest BCUT2D eigenvalue weighted by molar-refractivity contribution is 5.06. The average molecular weight is 124 g/mol. The van der Waals surface area contributed by atoms with Crippen molar-refractivity contribution in [1.82, 2.24) is 0 Å². The van der Waals surface area contributed by atoms with Crippen molar-refractivity contribution in [3.63, 3.8) is 0 Å². The van der Waals surface area contributed by atoms with Gasteiger partial charge in [-0.2, -0.15) is 0 Å². The Hall–Kier alpha value is -1.02. The molecule has 1 aromatic heterocycles. The number of aliphatic hydroxyl groups excluding tert-OH is 1. The molecule has 0 spiro atoms. The minimum absolute atomic E-state index is 0.532. The summed E-state index contributed by atoms with van der Waals surface area (Å²) in [7, 11) is 0. The highest BCUT2D eigenvalue weighted by atomic mass is 16.4. The van der Waals surface area contributed by atoms with Crippen LogP contribution in [0.2, 0.25) is 0 Å². The quantitative estimate of drug-likeness (QED) is 0.606. The van der Waals surface area contributed by atoms with Gasteiger partial charge in [-0.25, -0.2) is 0 Å². The molecule has 1 heterocycles. The Morgan fingerprint density at radius 1 is 1.78 bits per heavy atom. The largest absolute Gasteiger partial charge is 0.466 e. The van der Waals surface area contributed by atoms with E-state index in [1.165, 1.54) is 12.3 Å². The third kappa shape index (κ3) is 1.21. The third-order valence-corrected chi connectivity index (χ3v) is 1.06. The SMILES string of the molecule is C=C[C@@H](O)c1ccco1. The zero-order valence-electron chi connectivity index (χ0n) is 4.95. The van der Waals surface area contributed by atoms with Crippen LogP contribution in [0.25, 0.3) is 0 Å². The molecule has 0 unspecified atom stereocenters. The van der Waals surface area contributed by atoms with Gasteiger partial charge in [-0.3, -0.25) is 0 Å². The number of rotatable bonds is 2. The minimum atomic E-state index is -0.667. The van der Waals surface area contributed by atoms with Gasteiger partial charge in [0, 0.05) is 0 Å². The molecule has 0 bridgehead atoms. The second-order valence-electron chi connectivity index (χ2n) is 1.70. The van der Waals surface area contributed by atoms with Gasteiger partial charge in [0.1, 0.15) is 11.9 Å². The fourth-order valence-corrected chi connectivity index (χ4v) is 0.576. The Kier molecular flexibility index (Phi) is 1.70. The summed E-state index contributed by atoms with van der Waals surface area (Å²) in [6.07, 6.45) is 2.26. The predicted molar refractivity (Wildman–Crippen MR) is 33.9 cm³/mol. The molecule has 1 rings (SSSR count). The van der Waals surface area contributed by atoms with Crippen molar-refractivity contribution < 1.29 is 9.52 Å². The summed E-state index contributed by atoms with van der Waals surface area (Å²) >= 11 is 0. The molecule has 9 heavy (non-hydrogen) atoms. The van der Waals surface area contributed by atoms with Gasteiger partial charge in [0.25, 0.3) is 0 Å². The van der Waals surface area contributed by atoms with Crippen LogP contribution < -0.4 is 0 Å². The Balaban J connectivity index is 2.76. The lowest BCUT2D eigenvalue weighted by Gasteiger charge is -1.96. The molecule has 1 atom stereocenters. The van der Waals surface area contributed by atoms with E-state index in [9.17, 15) is 0 Å². The van der Waals surface area contributed by atoms with E-state index in [2.05, 4.69) is 6.58 Å². The fraction of sp³-hybridized carbons (Fsp3) is 0.143. The van der Waals surface area contributed by atoms with E-state index < -0.39 is 6.10 Å². The molecule has 0 aliphatic heterocycles. The summed E-state index contributed by atoms with van der Waals surface area (Å²) in [5.41, 5.74) is 0. The number of hydrogen-bond acceptors (Lipinski definition) is 2. The van der Waals surface area contributed by atoms with Crippen molar-refractivity contribution in [1.29, 1.82) is 0 Å². The average Bonchev–Trinajstić information content (AvgIpc) is 2.37. The summed E-state index contributed by atoms with van der Waals surface area (Å²) in [6.45, 7) is 3.41. The molecule has 1 aromatic rings. The minimum Gasteiger partial charge on any atom is -0.466 e. The zero-order chi connectivity index (χ0) is 6.69. The molecule has 0 aromatic carbocycles. The smallest absolute Gasteiger partial charge is 0.136 e. The Morgan fingerprint density at radius 3 is 3.00 bits per heavy atom. The topological polar surface area (TPSA) is 33.4 Å². The van der Waals surface area contributed by atoms with E-state index >= 15 is 0 Å². The number of furan rings is 1. The van der Waals surface area contributed by atoms with Gasteiger partial charge < -0.3 is 9.52 Å². The number of aliphatic hydroxyl groups is 1. The van der Waals surface area contributed by atoms with Crippen molar-refractivity contribution in [2.45, 2.75) is 6.10 Å². The molecule has 48 valence electrons. The normalized spacial score (nSPS) is 13.0. The summed E-state index contributed by atoms with van der Waals surface area (Å²) in [5, 5.41) is 9.01. The van der Waals surface area contributed by atoms with Crippen LogP contribution in [0.3, 0.4) is 0 Å². The van der Waals surface area contributed by atoms with E-state index in [4.69, 9.17) is 9.52 Å². The first kappa shape index (κ1) is 6.11. The van der Waals surface area contributed by atoms with Crippen LogP contribution in [-0.4, -0.2) is 5.11 Å². The molecule has 0 saturated heterocycles. The van der Waals surface area contributed by atoms with Gasteiger partial charge >= 0.3 is 0 Å². The lowest BCUT2D eigenvalue weighted by molar-refractivity contribution is 0.197. The molecule has 1 N–H and O–H groups in total. The predicted octanol–water partition coefficient (Wildman–Crippen LogP) is 1.50. The van der Waals surface area contributed by atoms with Crippen molar-refractivity contribution in [3.05, 3.63) is 36.8 Å². The van der Waals surface area contributed by atoms with Crippen molar-refractivity contribution in [3.8, 4) is 0 Å². The third-order valence-electron chi connectivity index (χ3n) is 1.06. The van der Waals surface area contributed by atoms with Crippen LogP contribution >= 0.6 is 0 Å². The highest BCUT2D eigenvalue weighted by Crippen LogP contribution is 2.12. The van der Waals surface area contributed by atoms with Crippen LogP contribution in [0.4, 0.5) is 0 Å². The molecule has 0 aliphatic carbocycles. The molecule has 0 saturated carbocycles. The van der Waals surface area contributed by atoms with Gasteiger partial charge in [0.2, 0.25) is 0 Å². The van der Waals surface area contributed by atoms with E-state index in [-0.39, 0.29) is 0 Å². The second-order valence-corrected chi connectivity index (χ2v) is 1.70. The van der Waals surface area contributed by atoms with Gasteiger partial charge in [0.15, 0.2) is 0 Å². The lowest BCUT2D eigenvalue weighted by Crippen LogP contribution is -1.87. The first-order valence-electron chi connectivity index (χ1n) is 2.68. The summed E-state index contributed by atoms with van der Waals surface area (Å²) in [5.74, 6) is 0.532. The van der Waals surface area contributed by atoms with Gasteiger partial charge in [-0.05, 0) is 12.1 Å². The zero-order valence-corrected chi connectivity index (χ0v) is 4.95. The van der Waals surface area contributed by atoms with Gasteiger partial charge in [-0.15, -0.1) is 6.58 Å². The van der Waals surface area contributed by atoms with Crippen LogP contribution in [0.15, 0.2) is 35.5 Å². The Labute approximate surface area is 53.4 Å². The maximum Gasteiger partial charge on any atom is 0.136 e. The molecule has 2 heteroatoms. The Bertz CT molecular complexity index is 177. The Morgan fingerprint density at radius 2 is 2.56 bits per heavy atom. The maximum absolute atomic E-state index is 9.01. The van der Waals surface area contributed by atoms with Gasteiger partial charge in [0.05, 0.1) is 6.26 Å². The summed E-state index contributed by atoms with van der Waals surface area (Å²) in [6, 6.07) is 3.42. The standard InChI is InChI=1S/C7H8O2/c1-2-6(8)7-4-3-5-9-7/h2-6,8H,1H2/t6-/m1/s1. The fourth-order valence-electron chi connectivity index (χ4n) is 0.576. The maximum atomic E-state index is 9.01. The van der Waals surface area contributed by atoms with Crippen LogP contribution in [0.5, 0.6) is 0 Å². The first-order valence-corrected chi connectivity index (χ1v) is 2.68. The molecule has 0 radical (unpaired) electrons. The molecule has 0 amide bonds. The number of hydrogen-bond donors (Lipinski definition) is 1. The van der Waals surface area contributed by atoms with Crippen molar-refractivity contribution >= 4 is 0 Å². The molecule has 2 nitrogen and oxygen atoms in total. The summed E-state index contributed by atoms with van der Waals surface area (Å²) in [4.78, 5) is 0.